The summed E-state index contributed by atoms with van der Waals surface area (Å²) in [6, 6.07) is 0. The fourth-order valence-electron chi connectivity index (χ4n) is 0.402. The van der Waals surface area contributed by atoms with Crippen LogP contribution in [0.2, 0.25) is 0 Å². The Bertz CT molecular complexity index is 191. The van der Waals surface area contributed by atoms with Gasteiger partial charge in [0, 0.05) is 6.92 Å². The van der Waals surface area contributed by atoms with Crippen LogP contribution in [-0.2, 0) is 9.53 Å². The Kier molecular flexibility index (Phi) is 8.75. The number of carboxylic acids is 1. The summed E-state index contributed by atoms with van der Waals surface area (Å²) in [5.74, 6) is -0.833. The summed E-state index contributed by atoms with van der Waals surface area (Å²) >= 11 is 9.46. The van der Waals surface area contributed by atoms with Crippen LogP contribution in [0, 0.1) is 0 Å². The van der Waals surface area contributed by atoms with Crippen molar-refractivity contribution in [2.45, 2.75) is 41.7 Å². The Hall–Kier alpha value is 0.830. The predicted octanol–water partition coefficient (Wildman–Crippen LogP) is 3.05. The average Bonchev–Trinajstić information content (AvgIpc) is 1.78. The molecule has 1 unspecified atom stereocenters. The van der Waals surface area contributed by atoms with E-state index in [2.05, 4.69) is 47.8 Å². The Morgan fingerprint density at radius 3 is 1.60 bits per heavy atom. The minimum absolute atomic E-state index is 0.361. The number of aliphatic hydroxyl groups is 1. The summed E-state index contributed by atoms with van der Waals surface area (Å²) in [4.78, 5) is 9.00. The molecule has 0 spiro atoms. The first-order valence-electron chi connectivity index (χ1n) is 3.98. The van der Waals surface area contributed by atoms with E-state index < -0.39 is 14.4 Å². The van der Waals surface area contributed by atoms with Gasteiger partial charge in [-0.2, -0.15) is 0 Å². The van der Waals surface area contributed by atoms with E-state index in [1.165, 1.54) is 0 Å². The zero-order valence-electron chi connectivity index (χ0n) is 8.92. The maximum absolute atomic E-state index is 9.36. The fraction of sp³-hybridized carbons (Fsp3) is 0.875. The van der Waals surface area contributed by atoms with Gasteiger partial charge in [0.15, 0.2) is 8.43 Å². The molecule has 15 heavy (non-hydrogen) atoms. The van der Waals surface area contributed by atoms with Crippen LogP contribution >= 0.6 is 47.8 Å². The van der Waals surface area contributed by atoms with Gasteiger partial charge >= 0.3 is 0 Å². The van der Waals surface area contributed by atoms with E-state index in [1.54, 1.807) is 0 Å². The Labute approximate surface area is 115 Å². The largest absolute Gasteiger partial charge is 0.481 e. The summed E-state index contributed by atoms with van der Waals surface area (Å²) < 4.78 is 4.45. The van der Waals surface area contributed by atoms with Gasteiger partial charge in [-0.3, -0.25) is 4.79 Å². The van der Waals surface area contributed by atoms with E-state index in [0.29, 0.717) is 0 Å². The van der Waals surface area contributed by atoms with Crippen LogP contribution in [0.1, 0.15) is 27.7 Å². The minimum atomic E-state index is -0.942. The molecule has 0 heterocycles. The molecule has 0 aliphatic heterocycles. The molecular weight excluding hydrogens is 400 g/mol. The van der Waals surface area contributed by atoms with E-state index in [9.17, 15) is 5.11 Å². The van der Waals surface area contributed by atoms with Crippen LogP contribution < -0.4 is 0 Å². The molecule has 0 fully saturated rings. The third kappa shape index (κ3) is 17.4. The molecule has 2 N–H and O–H groups in total. The van der Waals surface area contributed by atoms with Crippen molar-refractivity contribution in [1.29, 1.82) is 0 Å². The van der Waals surface area contributed by atoms with Crippen LogP contribution in [0.25, 0.3) is 0 Å². The lowest BCUT2D eigenvalue weighted by Gasteiger charge is -2.28. The standard InChI is InChI=1S/C6H11Br3O2.C2H4O2/c1-5(2,3)11-4(10)6(7,8)9;1-2(3)4/h4,10H,1-3H3;1H3,(H,3,4). The van der Waals surface area contributed by atoms with Gasteiger partial charge in [-0.15, -0.1) is 0 Å². The molecule has 0 aliphatic rings. The van der Waals surface area contributed by atoms with Gasteiger partial charge in [0.05, 0.1) is 5.60 Å². The molecule has 0 aromatic heterocycles. The summed E-state index contributed by atoms with van der Waals surface area (Å²) in [5, 5.41) is 16.8. The predicted molar refractivity (Wildman–Crippen MR) is 69.7 cm³/mol. The zero-order valence-corrected chi connectivity index (χ0v) is 13.7. The molecule has 0 bridgehead atoms. The number of carbonyl (C=O) groups is 1. The first-order valence-corrected chi connectivity index (χ1v) is 6.36. The number of alkyl halides is 3. The number of carboxylic acid groups (broad SMARTS) is 1. The van der Waals surface area contributed by atoms with Crippen molar-refractivity contribution in [2.24, 2.45) is 0 Å². The maximum atomic E-state index is 9.36. The molecule has 92 valence electrons. The van der Waals surface area contributed by atoms with Crippen LogP contribution in [0.5, 0.6) is 0 Å². The maximum Gasteiger partial charge on any atom is 0.300 e. The molecule has 0 saturated carbocycles. The smallest absolute Gasteiger partial charge is 0.300 e. The van der Waals surface area contributed by atoms with Crippen LogP contribution in [0.3, 0.4) is 0 Å². The van der Waals surface area contributed by atoms with Crippen LogP contribution in [0.15, 0.2) is 0 Å². The number of rotatable bonds is 1. The second-order valence-electron chi connectivity index (χ2n) is 3.64. The number of aliphatic carboxylic acids is 1. The fourth-order valence-corrected chi connectivity index (χ4v) is 0.682. The van der Waals surface area contributed by atoms with Crippen molar-refractivity contribution >= 4 is 53.8 Å². The monoisotopic (exact) mass is 412 g/mol. The second-order valence-corrected chi connectivity index (χ2v) is 10.6. The van der Waals surface area contributed by atoms with Crippen molar-refractivity contribution in [2.75, 3.05) is 0 Å². The zero-order chi connectivity index (χ0) is 12.9. The molecule has 4 nitrogen and oxygen atoms in total. The lowest BCUT2D eigenvalue weighted by molar-refractivity contribution is -0.157. The third-order valence-corrected chi connectivity index (χ3v) is 1.92. The first-order chi connectivity index (χ1) is 6.36. The molecule has 0 aromatic carbocycles. The summed E-state index contributed by atoms with van der Waals surface area (Å²) in [6.07, 6.45) is -0.942. The Balaban J connectivity index is 0. The van der Waals surface area contributed by atoms with Crippen molar-refractivity contribution < 1.29 is 19.7 Å². The highest BCUT2D eigenvalue weighted by atomic mass is 80.0. The van der Waals surface area contributed by atoms with Gasteiger partial charge in [-0.1, -0.05) is 47.8 Å². The number of ether oxygens (including phenoxy) is 1. The SMILES string of the molecule is CC(=O)O.CC(C)(C)OC(O)C(Br)(Br)Br. The molecule has 1 atom stereocenters. The molecule has 7 heteroatoms. The molecule has 0 aliphatic carbocycles. The van der Waals surface area contributed by atoms with Crippen LogP contribution in [0.4, 0.5) is 0 Å². The van der Waals surface area contributed by atoms with E-state index in [-0.39, 0.29) is 5.60 Å². The minimum Gasteiger partial charge on any atom is -0.481 e. The summed E-state index contributed by atoms with van der Waals surface area (Å²) in [5.41, 5.74) is -0.361. The van der Waals surface area contributed by atoms with Gasteiger partial charge in [0.2, 0.25) is 0 Å². The molecular formula is C8H15Br3O4. The number of aliphatic hydroxyl groups excluding tert-OH is 1. The molecule has 0 radical (unpaired) electrons. The van der Waals surface area contributed by atoms with Crippen molar-refractivity contribution in [1.82, 2.24) is 0 Å². The van der Waals surface area contributed by atoms with E-state index in [0.717, 1.165) is 6.92 Å². The highest BCUT2D eigenvalue weighted by Gasteiger charge is 2.32. The van der Waals surface area contributed by atoms with Gasteiger partial charge in [0.1, 0.15) is 0 Å². The normalized spacial score (nSPS) is 13.9. The van der Waals surface area contributed by atoms with Crippen molar-refractivity contribution in [3.05, 3.63) is 0 Å². The summed E-state index contributed by atoms with van der Waals surface area (Å²) in [6.45, 7) is 6.69. The van der Waals surface area contributed by atoms with E-state index in [4.69, 9.17) is 14.6 Å². The third-order valence-electron chi connectivity index (χ3n) is 0.745. The Morgan fingerprint density at radius 2 is 1.53 bits per heavy atom. The summed E-state index contributed by atoms with van der Waals surface area (Å²) in [7, 11) is 0. The lowest BCUT2D eigenvalue weighted by Crippen LogP contribution is -2.35. The molecule has 0 saturated heterocycles. The van der Waals surface area contributed by atoms with E-state index in [1.807, 2.05) is 20.8 Å². The number of hydrogen-bond donors (Lipinski definition) is 2. The van der Waals surface area contributed by atoms with Gasteiger partial charge < -0.3 is 14.9 Å². The highest BCUT2D eigenvalue weighted by Crippen LogP contribution is 2.38. The first kappa shape index (κ1) is 18.2. The quantitative estimate of drug-likeness (QED) is 0.511. The van der Waals surface area contributed by atoms with E-state index >= 15 is 0 Å². The lowest BCUT2D eigenvalue weighted by atomic mass is 10.2. The van der Waals surface area contributed by atoms with Gasteiger partial charge in [-0.05, 0) is 20.8 Å². The number of halogens is 3. The molecule has 0 amide bonds. The van der Waals surface area contributed by atoms with Gasteiger partial charge in [-0.25, -0.2) is 0 Å². The Morgan fingerprint density at radius 1 is 1.27 bits per heavy atom. The molecule has 0 aromatic rings. The van der Waals surface area contributed by atoms with Crippen molar-refractivity contribution in [3.8, 4) is 0 Å². The topological polar surface area (TPSA) is 66.8 Å². The van der Waals surface area contributed by atoms with Crippen LogP contribution in [-0.4, -0.2) is 30.2 Å². The second kappa shape index (κ2) is 7.21. The molecule has 0 rings (SSSR count). The average molecular weight is 415 g/mol. The highest BCUT2D eigenvalue weighted by molar-refractivity contribution is 9.39. The van der Waals surface area contributed by atoms with Crippen molar-refractivity contribution in [3.63, 3.8) is 0 Å². The van der Waals surface area contributed by atoms with Gasteiger partial charge in [0.25, 0.3) is 5.97 Å². The number of hydrogen-bond acceptors (Lipinski definition) is 3.